The maximum atomic E-state index is 14.7. The molecule has 0 bridgehead atoms. The first kappa shape index (κ1) is 21.6. The Morgan fingerprint density at radius 1 is 0.906 bits per heavy atom. The maximum Gasteiger partial charge on any atom is 0.258 e. The van der Waals surface area contributed by atoms with Gasteiger partial charge in [-0.2, -0.15) is 0 Å². The van der Waals surface area contributed by atoms with Crippen LogP contribution in [-0.2, 0) is 0 Å². The van der Waals surface area contributed by atoms with Gasteiger partial charge in [0.25, 0.3) is 5.91 Å². The third kappa shape index (κ3) is 4.64. The number of ketones is 1. The highest BCUT2D eigenvalue weighted by Crippen LogP contribution is 2.34. The fraction of sp³-hybridized carbons (Fsp3) is 0.231. The van der Waals surface area contributed by atoms with Crippen molar-refractivity contribution in [1.82, 2.24) is 0 Å². The van der Waals surface area contributed by atoms with E-state index in [1.807, 2.05) is 6.07 Å². The lowest BCUT2D eigenvalue weighted by Crippen LogP contribution is -2.18. The van der Waals surface area contributed by atoms with Gasteiger partial charge < -0.3 is 14.8 Å². The molecule has 32 heavy (non-hydrogen) atoms. The number of para-hydroxylation sites is 1. The quantitative estimate of drug-likeness (QED) is 0.490. The minimum Gasteiger partial charge on any atom is -0.493 e. The van der Waals surface area contributed by atoms with Crippen molar-refractivity contribution in [3.8, 4) is 11.5 Å². The summed E-state index contributed by atoms with van der Waals surface area (Å²) in [6, 6.07) is 18.0. The lowest BCUT2D eigenvalue weighted by atomic mass is 10.0. The molecule has 1 aliphatic carbocycles. The monoisotopic (exact) mass is 433 g/mol. The second kappa shape index (κ2) is 9.64. The van der Waals surface area contributed by atoms with Crippen molar-refractivity contribution in [1.29, 1.82) is 0 Å². The molecule has 4 rings (SSSR count). The SMILES string of the molecule is COc1cc(F)c(C(=O)Nc2ccccc2C(=O)c2ccccc2)cc1OC1CCCC1. The van der Waals surface area contributed by atoms with Crippen LogP contribution in [0.25, 0.3) is 0 Å². The van der Waals surface area contributed by atoms with Crippen molar-refractivity contribution in [2.75, 3.05) is 12.4 Å². The van der Waals surface area contributed by atoms with Gasteiger partial charge >= 0.3 is 0 Å². The van der Waals surface area contributed by atoms with E-state index < -0.39 is 11.7 Å². The molecular formula is C26H24FNO4. The highest BCUT2D eigenvalue weighted by atomic mass is 19.1. The van der Waals surface area contributed by atoms with E-state index in [2.05, 4.69) is 5.32 Å². The number of halogens is 1. The first-order valence-electron chi connectivity index (χ1n) is 10.6. The molecular weight excluding hydrogens is 409 g/mol. The summed E-state index contributed by atoms with van der Waals surface area (Å²) in [4.78, 5) is 25.9. The summed E-state index contributed by atoms with van der Waals surface area (Å²) in [6.45, 7) is 0. The Labute approximate surface area is 186 Å². The number of rotatable bonds is 7. The molecule has 0 unspecified atom stereocenters. The van der Waals surface area contributed by atoms with Crippen LogP contribution >= 0.6 is 0 Å². The van der Waals surface area contributed by atoms with Crippen LogP contribution in [0.1, 0.15) is 52.0 Å². The van der Waals surface area contributed by atoms with Crippen LogP contribution in [0.5, 0.6) is 11.5 Å². The molecule has 1 amide bonds. The predicted molar refractivity (Wildman–Crippen MR) is 120 cm³/mol. The van der Waals surface area contributed by atoms with Crippen LogP contribution in [0.3, 0.4) is 0 Å². The van der Waals surface area contributed by atoms with Crippen molar-refractivity contribution in [3.63, 3.8) is 0 Å². The fourth-order valence-corrected chi connectivity index (χ4v) is 3.87. The second-order valence-corrected chi connectivity index (χ2v) is 7.70. The van der Waals surface area contributed by atoms with Gasteiger partial charge in [0, 0.05) is 17.2 Å². The average molecular weight is 433 g/mol. The molecule has 164 valence electrons. The van der Waals surface area contributed by atoms with E-state index in [-0.39, 0.29) is 23.2 Å². The maximum absolute atomic E-state index is 14.7. The summed E-state index contributed by atoms with van der Waals surface area (Å²) >= 11 is 0. The first-order valence-corrected chi connectivity index (χ1v) is 10.6. The summed E-state index contributed by atoms with van der Waals surface area (Å²) in [6.07, 6.45) is 4.00. The van der Waals surface area contributed by atoms with E-state index in [0.717, 1.165) is 31.7 Å². The Bertz CT molecular complexity index is 1120. The number of hydrogen-bond acceptors (Lipinski definition) is 4. The van der Waals surface area contributed by atoms with Crippen LogP contribution < -0.4 is 14.8 Å². The van der Waals surface area contributed by atoms with Gasteiger partial charge in [0.15, 0.2) is 17.3 Å². The van der Waals surface area contributed by atoms with E-state index in [4.69, 9.17) is 9.47 Å². The Hall–Kier alpha value is -3.67. The molecule has 6 heteroatoms. The van der Waals surface area contributed by atoms with Crippen LogP contribution in [-0.4, -0.2) is 24.9 Å². The number of hydrogen-bond donors (Lipinski definition) is 1. The zero-order chi connectivity index (χ0) is 22.5. The zero-order valence-electron chi connectivity index (χ0n) is 17.8. The molecule has 3 aromatic carbocycles. The number of carbonyl (C=O) groups excluding carboxylic acids is 2. The molecule has 0 saturated heterocycles. The van der Waals surface area contributed by atoms with Crippen LogP contribution in [0, 0.1) is 5.82 Å². The minimum atomic E-state index is -0.731. The highest BCUT2D eigenvalue weighted by Gasteiger charge is 2.23. The number of methoxy groups -OCH3 is 1. The number of carbonyl (C=O) groups is 2. The van der Waals surface area contributed by atoms with Crippen LogP contribution in [0.15, 0.2) is 66.7 Å². The van der Waals surface area contributed by atoms with Gasteiger partial charge in [-0.3, -0.25) is 9.59 Å². The largest absolute Gasteiger partial charge is 0.493 e. The van der Waals surface area contributed by atoms with E-state index in [0.29, 0.717) is 22.6 Å². The Balaban J connectivity index is 1.61. The number of nitrogens with one attached hydrogen (secondary N) is 1. The van der Waals surface area contributed by atoms with Crippen molar-refractivity contribution in [3.05, 3.63) is 89.2 Å². The Morgan fingerprint density at radius 2 is 1.59 bits per heavy atom. The fourth-order valence-electron chi connectivity index (χ4n) is 3.87. The summed E-state index contributed by atoms with van der Waals surface area (Å²) in [5.41, 5.74) is 0.945. The molecule has 0 aromatic heterocycles. The Kier molecular flexibility index (Phi) is 6.50. The molecule has 1 saturated carbocycles. The van der Waals surface area contributed by atoms with Crippen molar-refractivity contribution < 1.29 is 23.5 Å². The van der Waals surface area contributed by atoms with E-state index in [9.17, 15) is 14.0 Å². The Morgan fingerprint density at radius 3 is 2.31 bits per heavy atom. The molecule has 0 atom stereocenters. The van der Waals surface area contributed by atoms with Crippen molar-refractivity contribution in [2.24, 2.45) is 0 Å². The van der Waals surface area contributed by atoms with E-state index in [1.54, 1.807) is 48.5 Å². The highest BCUT2D eigenvalue weighted by molar-refractivity contribution is 6.15. The van der Waals surface area contributed by atoms with E-state index in [1.165, 1.54) is 13.2 Å². The lowest BCUT2D eigenvalue weighted by Gasteiger charge is -2.17. The number of anilines is 1. The van der Waals surface area contributed by atoms with Gasteiger partial charge in [-0.05, 0) is 43.9 Å². The lowest BCUT2D eigenvalue weighted by molar-refractivity contribution is 0.102. The summed E-state index contributed by atoms with van der Waals surface area (Å²) in [5.74, 6) is -1.06. The van der Waals surface area contributed by atoms with Gasteiger partial charge in [-0.1, -0.05) is 42.5 Å². The molecule has 1 N–H and O–H groups in total. The van der Waals surface area contributed by atoms with Crippen LogP contribution in [0.4, 0.5) is 10.1 Å². The summed E-state index contributed by atoms with van der Waals surface area (Å²) in [7, 11) is 1.43. The van der Waals surface area contributed by atoms with Gasteiger partial charge in [0.1, 0.15) is 5.82 Å². The minimum absolute atomic E-state index is 0.0227. The number of amides is 1. The predicted octanol–water partition coefficient (Wildman–Crippen LogP) is 5.64. The summed E-state index contributed by atoms with van der Waals surface area (Å²) < 4.78 is 26.0. The second-order valence-electron chi connectivity index (χ2n) is 7.70. The zero-order valence-corrected chi connectivity index (χ0v) is 17.8. The average Bonchev–Trinajstić information content (AvgIpc) is 3.33. The topological polar surface area (TPSA) is 64.6 Å². The third-order valence-electron chi connectivity index (χ3n) is 5.55. The molecule has 0 spiro atoms. The van der Waals surface area contributed by atoms with E-state index >= 15 is 0 Å². The molecule has 0 heterocycles. The molecule has 3 aromatic rings. The third-order valence-corrected chi connectivity index (χ3v) is 5.55. The molecule has 0 aliphatic heterocycles. The molecule has 1 fully saturated rings. The first-order chi connectivity index (χ1) is 15.6. The standard InChI is InChI=1S/C26H24FNO4/c1-31-23-16-21(27)20(15-24(23)32-18-11-5-6-12-18)26(30)28-22-14-8-7-13-19(22)25(29)17-9-3-2-4-10-17/h2-4,7-10,13-16,18H,5-6,11-12H2,1H3,(H,28,30). The van der Waals surface area contributed by atoms with Crippen molar-refractivity contribution in [2.45, 2.75) is 31.8 Å². The molecule has 1 aliphatic rings. The molecule has 5 nitrogen and oxygen atoms in total. The van der Waals surface area contributed by atoms with Gasteiger partial charge in [0.05, 0.1) is 24.5 Å². The van der Waals surface area contributed by atoms with Gasteiger partial charge in [0.2, 0.25) is 0 Å². The normalized spacial score (nSPS) is 13.6. The smallest absolute Gasteiger partial charge is 0.258 e. The number of benzene rings is 3. The van der Waals surface area contributed by atoms with Crippen molar-refractivity contribution >= 4 is 17.4 Å². The molecule has 0 radical (unpaired) electrons. The van der Waals surface area contributed by atoms with Gasteiger partial charge in [-0.15, -0.1) is 0 Å². The van der Waals surface area contributed by atoms with Gasteiger partial charge in [-0.25, -0.2) is 4.39 Å². The number of ether oxygens (including phenoxy) is 2. The van der Waals surface area contributed by atoms with Crippen LogP contribution in [0.2, 0.25) is 0 Å². The summed E-state index contributed by atoms with van der Waals surface area (Å²) in [5, 5.41) is 2.68.